The summed E-state index contributed by atoms with van der Waals surface area (Å²) in [6, 6.07) is 11.4. The van der Waals surface area contributed by atoms with Crippen molar-refractivity contribution in [3.8, 4) is 0 Å². The molecule has 0 bridgehead atoms. The SMILES string of the molecule is Cc1cc(C)c(S(N)(=O)=O)c(C)c1.N[C@]1(O)CCc2ccccc21. The number of aryl methyl sites for hydroxylation is 4. The van der Waals surface area contributed by atoms with Crippen molar-refractivity contribution >= 4 is 10.0 Å². The highest BCUT2D eigenvalue weighted by atomic mass is 32.2. The van der Waals surface area contributed by atoms with Gasteiger partial charge in [-0.05, 0) is 50.3 Å². The van der Waals surface area contributed by atoms with Gasteiger partial charge in [-0.25, -0.2) is 13.6 Å². The van der Waals surface area contributed by atoms with E-state index in [1.807, 2.05) is 43.3 Å². The second-order valence-electron chi connectivity index (χ2n) is 6.35. The molecule has 0 amide bonds. The first kappa shape index (κ1) is 18.6. The normalized spacial score (nSPS) is 19.4. The molecule has 2 aromatic carbocycles. The van der Waals surface area contributed by atoms with Crippen LogP contribution in [0.2, 0.25) is 0 Å². The van der Waals surface area contributed by atoms with Crippen LogP contribution in [0.4, 0.5) is 0 Å². The molecule has 0 radical (unpaired) electrons. The van der Waals surface area contributed by atoms with Crippen LogP contribution in [0.15, 0.2) is 41.3 Å². The molecule has 3 rings (SSSR count). The lowest BCUT2D eigenvalue weighted by Crippen LogP contribution is -2.33. The summed E-state index contributed by atoms with van der Waals surface area (Å²) < 4.78 is 22.3. The fraction of sp³-hybridized carbons (Fsp3) is 0.333. The lowest BCUT2D eigenvalue weighted by Gasteiger charge is -2.16. The Bertz CT molecular complexity index is 835. The Morgan fingerprint density at radius 3 is 2.12 bits per heavy atom. The van der Waals surface area contributed by atoms with Crippen molar-refractivity contribution in [2.75, 3.05) is 0 Å². The van der Waals surface area contributed by atoms with E-state index in [-0.39, 0.29) is 4.90 Å². The number of rotatable bonds is 1. The number of nitrogens with two attached hydrogens (primary N) is 2. The minimum atomic E-state index is -3.58. The predicted molar refractivity (Wildman–Crippen MR) is 94.9 cm³/mol. The van der Waals surface area contributed by atoms with Gasteiger partial charge in [0.1, 0.15) is 5.72 Å². The van der Waals surface area contributed by atoms with E-state index in [0.29, 0.717) is 17.5 Å². The fourth-order valence-corrected chi connectivity index (χ4v) is 4.25. The van der Waals surface area contributed by atoms with E-state index in [2.05, 4.69) is 0 Å². The van der Waals surface area contributed by atoms with Gasteiger partial charge in [0.2, 0.25) is 10.0 Å². The molecule has 0 saturated carbocycles. The molecule has 0 aromatic heterocycles. The molecule has 0 heterocycles. The molecule has 0 saturated heterocycles. The lowest BCUT2D eigenvalue weighted by atomic mass is 10.1. The van der Waals surface area contributed by atoms with Gasteiger partial charge in [0.25, 0.3) is 0 Å². The van der Waals surface area contributed by atoms with Gasteiger partial charge in [0, 0.05) is 5.56 Å². The summed E-state index contributed by atoms with van der Waals surface area (Å²) in [5.41, 5.74) is 9.10. The summed E-state index contributed by atoms with van der Waals surface area (Å²) in [7, 11) is -3.58. The third-order valence-electron chi connectivity index (χ3n) is 4.15. The number of hydrogen-bond donors (Lipinski definition) is 3. The molecule has 6 heteroatoms. The Morgan fingerprint density at radius 2 is 1.62 bits per heavy atom. The Hall–Kier alpha value is -1.73. The largest absolute Gasteiger partial charge is 0.372 e. The topological polar surface area (TPSA) is 106 Å². The van der Waals surface area contributed by atoms with Crippen molar-refractivity contribution in [1.82, 2.24) is 0 Å². The molecule has 0 spiro atoms. The third kappa shape index (κ3) is 4.02. The Balaban J connectivity index is 0.000000175. The zero-order chi connectivity index (χ0) is 18.1. The summed E-state index contributed by atoms with van der Waals surface area (Å²) in [6.45, 7) is 5.42. The van der Waals surface area contributed by atoms with Gasteiger partial charge in [0.05, 0.1) is 4.90 Å². The predicted octanol–water partition coefficient (Wildman–Crippen LogP) is 2.00. The van der Waals surface area contributed by atoms with Crippen LogP contribution in [0.1, 0.15) is 34.2 Å². The maximum Gasteiger partial charge on any atom is 0.238 e. The Morgan fingerprint density at radius 1 is 1.08 bits per heavy atom. The van der Waals surface area contributed by atoms with Crippen LogP contribution < -0.4 is 10.9 Å². The molecule has 0 fully saturated rings. The molecule has 1 aliphatic carbocycles. The van der Waals surface area contributed by atoms with Crippen LogP contribution in [0.3, 0.4) is 0 Å². The standard InChI is InChI=1S/C9H13NO2S.C9H11NO/c1-6-4-7(2)9(8(3)5-6)13(10,11)12;10-9(11)6-5-7-3-1-2-4-8(7)9/h4-5H,1-3H3,(H2,10,11,12);1-4,11H,5-6,10H2/t;9-/m.0/s1. The second-order valence-corrected chi connectivity index (χ2v) is 7.85. The molecule has 0 unspecified atom stereocenters. The lowest BCUT2D eigenvalue weighted by molar-refractivity contribution is 0.0458. The Labute approximate surface area is 143 Å². The molecule has 1 aliphatic rings. The Kier molecular flexibility index (Phi) is 5.15. The summed E-state index contributed by atoms with van der Waals surface area (Å²) in [5, 5.41) is 14.7. The smallest absolute Gasteiger partial charge is 0.238 e. The van der Waals surface area contributed by atoms with Crippen molar-refractivity contribution in [1.29, 1.82) is 0 Å². The maximum atomic E-state index is 11.2. The van der Waals surface area contributed by atoms with Gasteiger partial charge in [-0.15, -0.1) is 0 Å². The van der Waals surface area contributed by atoms with Crippen molar-refractivity contribution in [3.05, 3.63) is 64.2 Å². The summed E-state index contributed by atoms with van der Waals surface area (Å²) in [5.74, 6) is 0. The highest BCUT2D eigenvalue weighted by Gasteiger charge is 2.31. The van der Waals surface area contributed by atoms with Crippen molar-refractivity contribution in [2.45, 2.75) is 44.2 Å². The van der Waals surface area contributed by atoms with Crippen LogP contribution in [0.25, 0.3) is 0 Å². The first-order chi connectivity index (χ1) is 11.0. The average Bonchev–Trinajstić information content (AvgIpc) is 2.73. The van der Waals surface area contributed by atoms with E-state index < -0.39 is 15.7 Å². The van der Waals surface area contributed by atoms with Crippen molar-refractivity contribution in [3.63, 3.8) is 0 Å². The number of hydrogen-bond acceptors (Lipinski definition) is 4. The van der Waals surface area contributed by atoms with E-state index >= 15 is 0 Å². The van der Waals surface area contributed by atoms with E-state index in [0.717, 1.165) is 17.5 Å². The van der Waals surface area contributed by atoms with E-state index in [1.54, 1.807) is 13.8 Å². The van der Waals surface area contributed by atoms with Gasteiger partial charge in [-0.1, -0.05) is 42.0 Å². The van der Waals surface area contributed by atoms with Gasteiger partial charge in [-0.3, -0.25) is 5.73 Å². The number of sulfonamides is 1. The fourth-order valence-electron chi connectivity index (χ4n) is 3.24. The molecule has 24 heavy (non-hydrogen) atoms. The van der Waals surface area contributed by atoms with E-state index in [1.165, 1.54) is 5.56 Å². The van der Waals surface area contributed by atoms with Crippen LogP contribution in [0.5, 0.6) is 0 Å². The molecule has 5 nitrogen and oxygen atoms in total. The van der Waals surface area contributed by atoms with Gasteiger partial charge >= 0.3 is 0 Å². The maximum absolute atomic E-state index is 11.2. The van der Waals surface area contributed by atoms with Crippen LogP contribution >= 0.6 is 0 Å². The average molecular weight is 348 g/mol. The zero-order valence-corrected chi connectivity index (χ0v) is 15.0. The first-order valence-electron chi connectivity index (χ1n) is 7.72. The zero-order valence-electron chi connectivity index (χ0n) is 14.2. The van der Waals surface area contributed by atoms with Crippen LogP contribution in [-0.2, 0) is 22.2 Å². The van der Waals surface area contributed by atoms with Crippen LogP contribution in [0, 0.1) is 20.8 Å². The summed E-state index contributed by atoms with van der Waals surface area (Å²) >= 11 is 0. The monoisotopic (exact) mass is 348 g/mol. The third-order valence-corrected chi connectivity index (χ3v) is 5.36. The van der Waals surface area contributed by atoms with E-state index in [9.17, 15) is 13.5 Å². The molecular weight excluding hydrogens is 324 g/mol. The second kappa shape index (κ2) is 6.64. The number of fused-ring (bicyclic) bond motifs is 1. The minimum absolute atomic E-state index is 0.248. The number of benzene rings is 2. The highest BCUT2D eigenvalue weighted by Crippen LogP contribution is 2.31. The molecular formula is C18H24N2O3S. The molecule has 2 aromatic rings. The molecule has 5 N–H and O–H groups in total. The van der Waals surface area contributed by atoms with E-state index in [4.69, 9.17) is 10.9 Å². The molecule has 1 atom stereocenters. The number of primary sulfonamides is 1. The number of aliphatic hydroxyl groups is 1. The van der Waals surface area contributed by atoms with Gasteiger partial charge in [-0.2, -0.15) is 0 Å². The summed E-state index contributed by atoms with van der Waals surface area (Å²) in [6.07, 6.45) is 1.54. The van der Waals surface area contributed by atoms with Gasteiger partial charge < -0.3 is 5.11 Å². The molecule has 130 valence electrons. The quantitative estimate of drug-likeness (QED) is 0.685. The van der Waals surface area contributed by atoms with Gasteiger partial charge in [0.15, 0.2) is 0 Å². The highest BCUT2D eigenvalue weighted by molar-refractivity contribution is 7.89. The first-order valence-corrected chi connectivity index (χ1v) is 9.27. The summed E-state index contributed by atoms with van der Waals surface area (Å²) in [4.78, 5) is 0.248. The minimum Gasteiger partial charge on any atom is -0.372 e. The van der Waals surface area contributed by atoms with Crippen molar-refractivity contribution < 1.29 is 13.5 Å². The molecule has 0 aliphatic heterocycles. The van der Waals surface area contributed by atoms with Crippen molar-refractivity contribution in [2.24, 2.45) is 10.9 Å². The van der Waals surface area contributed by atoms with Crippen LogP contribution in [-0.4, -0.2) is 13.5 Å².